The zero-order valence-electron chi connectivity index (χ0n) is 13.2. The van der Waals surface area contributed by atoms with Crippen LogP contribution in [-0.2, 0) is 17.4 Å². The summed E-state index contributed by atoms with van der Waals surface area (Å²) in [6.07, 6.45) is 4.25. The molecule has 124 valence electrons. The van der Waals surface area contributed by atoms with Crippen LogP contribution in [-0.4, -0.2) is 31.8 Å². The minimum Gasteiger partial charge on any atom is -0.370 e. The molecule has 3 aromatic rings. The van der Waals surface area contributed by atoms with Gasteiger partial charge in [-0.05, 0) is 25.3 Å². The van der Waals surface area contributed by atoms with Crippen LogP contribution in [0.25, 0.3) is 22.5 Å². The summed E-state index contributed by atoms with van der Waals surface area (Å²) in [6, 6.07) is 1.58. The van der Waals surface area contributed by atoms with Crippen molar-refractivity contribution in [1.29, 1.82) is 0 Å². The first-order valence-electron chi connectivity index (χ1n) is 7.53. The fourth-order valence-corrected chi connectivity index (χ4v) is 2.90. The van der Waals surface area contributed by atoms with E-state index in [1.165, 1.54) is 17.8 Å². The number of H-pyrrole nitrogens is 1. The highest BCUT2D eigenvalue weighted by Gasteiger charge is 2.43. The van der Waals surface area contributed by atoms with Gasteiger partial charge in [-0.1, -0.05) is 5.16 Å². The topological polar surface area (TPSA) is 116 Å². The van der Waals surface area contributed by atoms with Crippen LogP contribution in [0, 0.1) is 0 Å². The number of rotatable bonds is 3. The highest BCUT2D eigenvalue weighted by atomic mass is 16.5. The fraction of sp³-hybridized carbons (Fsp3) is 0.400. The molecule has 1 saturated carbocycles. The number of aromatic amines is 1. The van der Waals surface area contributed by atoms with Crippen molar-refractivity contribution >= 4 is 11.0 Å². The van der Waals surface area contributed by atoms with Crippen LogP contribution in [0.4, 0.5) is 0 Å². The Bertz CT molecular complexity index is 1040. The lowest BCUT2D eigenvalue weighted by Gasteiger charge is -2.37. The molecule has 0 saturated heterocycles. The number of nitrogens with one attached hydrogen (secondary N) is 1. The Hall–Kier alpha value is -2.81. The largest absolute Gasteiger partial charge is 0.370 e. The summed E-state index contributed by atoms with van der Waals surface area (Å²) in [5.41, 5.74) is -0.696. The van der Waals surface area contributed by atoms with Crippen molar-refractivity contribution in [3.8, 4) is 11.5 Å². The number of aryl methyl sites for hydroxylation is 1. The first-order valence-corrected chi connectivity index (χ1v) is 7.53. The number of aromatic nitrogens is 5. The molecule has 0 aliphatic heterocycles. The summed E-state index contributed by atoms with van der Waals surface area (Å²) < 4.78 is 12.1. The Labute approximate surface area is 135 Å². The van der Waals surface area contributed by atoms with Crippen molar-refractivity contribution in [2.45, 2.75) is 24.9 Å². The fourth-order valence-electron chi connectivity index (χ4n) is 2.90. The second kappa shape index (κ2) is 5.10. The van der Waals surface area contributed by atoms with Crippen LogP contribution in [0.2, 0.25) is 0 Å². The first kappa shape index (κ1) is 14.8. The van der Waals surface area contributed by atoms with Gasteiger partial charge in [-0.25, -0.2) is 9.78 Å². The highest BCUT2D eigenvalue weighted by Crippen LogP contribution is 2.43. The Morgan fingerprint density at radius 3 is 2.83 bits per heavy atom. The van der Waals surface area contributed by atoms with Crippen molar-refractivity contribution in [2.24, 2.45) is 7.05 Å². The second-order valence-electron chi connectivity index (χ2n) is 5.89. The molecule has 24 heavy (non-hydrogen) atoms. The number of hydrogen-bond donors (Lipinski definition) is 1. The molecule has 4 rings (SSSR count). The highest BCUT2D eigenvalue weighted by molar-refractivity contribution is 5.78. The minimum absolute atomic E-state index is 0.260. The van der Waals surface area contributed by atoms with Gasteiger partial charge in [0, 0.05) is 20.4 Å². The number of pyridine rings is 1. The van der Waals surface area contributed by atoms with Crippen LogP contribution in [0.5, 0.6) is 0 Å². The molecular formula is C15H15N5O4. The van der Waals surface area contributed by atoms with Gasteiger partial charge in [0.05, 0.1) is 10.9 Å². The standard InChI is InChI=1S/C15H15N5O4/c1-20-10-9(11(21)17-14(20)22)6-8(7-16-10)12-18-13(19-24-12)15(23-2)4-3-5-15/h6-7H,3-5H2,1-2H3,(H,17,21,22). The van der Waals surface area contributed by atoms with E-state index in [1.807, 2.05) is 0 Å². The number of methoxy groups -OCH3 is 1. The molecule has 1 aliphatic rings. The smallest absolute Gasteiger partial charge is 0.329 e. The van der Waals surface area contributed by atoms with Gasteiger partial charge in [-0.3, -0.25) is 14.3 Å². The molecule has 1 N–H and O–H groups in total. The molecule has 0 aromatic carbocycles. The molecule has 3 heterocycles. The summed E-state index contributed by atoms with van der Waals surface area (Å²) in [5, 5.41) is 4.29. The van der Waals surface area contributed by atoms with Gasteiger partial charge in [0.2, 0.25) is 5.82 Å². The predicted molar refractivity (Wildman–Crippen MR) is 83.4 cm³/mol. The molecule has 9 heteroatoms. The van der Waals surface area contributed by atoms with Gasteiger partial charge in [0.1, 0.15) is 11.2 Å². The minimum atomic E-state index is -0.514. The number of fused-ring (bicyclic) bond motifs is 1. The Balaban J connectivity index is 1.82. The molecule has 1 aliphatic carbocycles. The van der Waals surface area contributed by atoms with Gasteiger partial charge in [0.25, 0.3) is 11.4 Å². The lowest BCUT2D eigenvalue weighted by atomic mass is 9.79. The van der Waals surface area contributed by atoms with E-state index in [9.17, 15) is 9.59 Å². The lowest BCUT2D eigenvalue weighted by Crippen LogP contribution is -2.37. The maximum atomic E-state index is 12.0. The molecule has 0 unspecified atom stereocenters. The summed E-state index contributed by atoms with van der Waals surface area (Å²) in [4.78, 5) is 34.4. The van der Waals surface area contributed by atoms with Crippen LogP contribution in [0.15, 0.2) is 26.4 Å². The SMILES string of the molecule is COC1(c2noc(-c3cnc4c(c3)c(=O)[nH]c(=O)n4C)n2)CCC1. The molecule has 1 fully saturated rings. The molecule has 0 spiro atoms. The van der Waals surface area contributed by atoms with E-state index in [2.05, 4.69) is 20.1 Å². The summed E-state index contributed by atoms with van der Waals surface area (Å²) in [6.45, 7) is 0. The normalized spacial score (nSPS) is 16.2. The van der Waals surface area contributed by atoms with E-state index in [-0.39, 0.29) is 11.3 Å². The van der Waals surface area contributed by atoms with Crippen LogP contribution >= 0.6 is 0 Å². The Morgan fingerprint density at radius 1 is 1.38 bits per heavy atom. The zero-order valence-corrected chi connectivity index (χ0v) is 13.2. The third-order valence-electron chi connectivity index (χ3n) is 4.59. The van der Waals surface area contributed by atoms with Gasteiger partial charge in [0.15, 0.2) is 0 Å². The van der Waals surface area contributed by atoms with Crippen molar-refractivity contribution in [3.63, 3.8) is 0 Å². The first-order chi connectivity index (χ1) is 11.5. The van der Waals surface area contributed by atoms with Crippen molar-refractivity contribution in [3.05, 3.63) is 38.9 Å². The zero-order chi connectivity index (χ0) is 16.9. The van der Waals surface area contributed by atoms with Crippen LogP contribution in [0.1, 0.15) is 25.1 Å². The van der Waals surface area contributed by atoms with Crippen molar-refractivity contribution in [1.82, 2.24) is 24.7 Å². The van der Waals surface area contributed by atoms with Gasteiger partial charge >= 0.3 is 5.69 Å². The number of nitrogens with zero attached hydrogens (tertiary/aromatic N) is 4. The van der Waals surface area contributed by atoms with Gasteiger partial charge in [-0.15, -0.1) is 0 Å². The van der Waals surface area contributed by atoms with E-state index in [0.717, 1.165) is 19.3 Å². The van der Waals surface area contributed by atoms with Crippen molar-refractivity contribution < 1.29 is 9.26 Å². The average molecular weight is 329 g/mol. The third-order valence-corrected chi connectivity index (χ3v) is 4.59. The van der Waals surface area contributed by atoms with Gasteiger partial charge in [-0.2, -0.15) is 4.98 Å². The van der Waals surface area contributed by atoms with E-state index >= 15 is 0 Å². The van der Waals surface area contributed by atoms with Crippen LogP contribution in [0.3, 0.4) is 0 Å². The molecular weight excluding hydrogens is 314 g/mol. The number of hydrogen-bond acceptors (Lipinski definition) is 7. The molecule has 0 amide bonds. The maximum Gasteiger partial charge on any atom is 0.329 e. The lowest BCUT2D eigenvalue weighted by molar-refractivity contribution is -0.0858. The monoisotopic (exact) mass is 329 g/mol. The third kappa shape index (κ3) is 2.01. The quantitative estimate of drug-likeness (QED) is 0.751. The van der Waals surface area contributed by atoms with E-state index in [1.54, 1.807) is 13.2 Å². The summed E-state index contributed by atoms with van der Waals surface area (Å²) in [7, 11) is 3.17. The molecule has 3 aromatic heterocycles. The Morgan fingerprint density at radius 2 is 2.17 bits per heavy atom. The maximum absolute atomic E-state index is 12.0. The summed E-state index contributed by atoms with van der Waals surface area (Å²) in [5.74, 6) is 0.761. The van der Waals surface area contributed by atoms with Crippen LogP contribution < -0.4 is 11.2 Å². The van der Waals surface area contributed by atoms with E-state index < -0.39 is 16.9 Å². The van der Waals surface area contributed by atoms with Gasteiger partial charge < -0.3 is 9.26 Å². The molecule has 0 bridgehead atoms. The molecule has 0 atom stereocenters. The van der Waals surface area contributed by atoms with E-state index in [4.69, 9.17) is 9.26 Å². The summed E-state index contributed by atoms with van der Waals surface area (Å²) >= 11 is 0. The molecule has 0 radical (unpaired) electrons. The predicted octanol–water partition coefficient (Wildman–Crippen LogP) is 0.697. The second-order valence-corrected chi connectivity index (χ2v) is 5.89. The molecule has 9 nitrogen and oxygen atoms in total. The average Bonchev–Trinajstić information content (AvgIpc) is 3.02. The van der Waals surface area contributed by atoms with Crippen molar-refractivity contribution in [2.75, 3.05) is 7.11 Å². The Kier molecular flexibility index (Phi) is 3.14. The van der Waals surface area contributed by atoms with E-state index in [0.29, 0.717) is 17.0 Å². The number of ether oxygens (including phenoxy) is 1.